The first-order valence-corrected chi connectivity index (χ1v) is 17.7. The molecule has 0 bridgehead atoms. The van der Waals surface area contributed by atoms with E-state index in [2.05, 4.69) is 42.2 Å². The maximum absolute atomic E-state index is 5.03. The second kappa shape index (κ2) is 10.9. The van der Waals surface area contributed by atoms with Crippen molar-refractivity contribution in [3.05, 3.63) is 24.5 Å². The molecule has 0 aliphatic rings. The van der Waals surface area contributed by atoms with Crippen LogP contribution in [0.1, 0.15) is 59.3 Å². The summed E-state index contributed by atoms with van der Waals surface area (Å²) in [5, 5.41) is 7.67. The van der Waals surface area contributed by atoms with E-state index in [1.807, 2.05) is 25.5 Å². The standard InChI is InChI=1S/C8H8N5.3C4H9.Sn/c1-13-6-3-7(12-13)11-8-9-4-2-5-10-8;3*1-3-4-2;/h2-4,6H,1H3,(H,9,10,11,12);3*1,3-4H2,2H3;. The molecule has 2 rings (SSSR count). The molecule has 144 valence electrons. The van der Waals surface area contributed by atoms with Gasteiger partial charge in [0.05, 0.1) is 0 Å². The number of rotatable bonds is 12. The van der Waals surface area contributed by atoms with Crippen molar-refractivity contribution in [1.29, 1.82) is 0 Å². The molecule has 0 spiro atoms. The van der Waals surface area contributed by atoms with Gasteiger partial charge in [0, 0.05) is 0 Å². The van der Waals surface area contributed by atoms with Crippen LogP contribution in [0.15, 0.2) is 24.5 Å². The van der Waals surface area contributed by atoms with Gasteiger partial charge in [0.2, 0.25) is 0 Å². The van der Waals surface area contributed by atoms with E-state index in [1.54, 1.807) is 4.68 Å². The maximum atomic E-state index is 5.03. The number of aromatic nitrogens is 4. The van der Waals surface area contributed by atoms with Gasteiger partial charge in [-0.2, -0.15) is 0 Å². The molecule has 0 saturated carbocycles. The Morgan fingerprint density at radius 1 is 0.962 bits per heavy atom. The van der Waals surface area contributed by atoms with Crippen LogP contribution in [0.4, 0.5) is 11.8 Å². The topological polar surface area (TPSA) is 55.6 Å². The summed E-state index contributed by atoms with van der Waals surface area (Å²) in [4.78, 5) is 9.49. The van der Waals surface area contributed by atoms with Crippen molar-refractivity contribution in [2.45, 2.75) is 72.6 Å². The van der Waals surface area contributed by atoms with Gasteiger partial charge in [-0.15, -0.1) is 0 Å². The zero-order valence-corrected chi connectivity index (χ0v) is 19.8. The van der Waals surface area contributed by atoms with E-state index in [1.165, 1.54) is 55.5 Å². The van der Waals surface area contributed by atoms with Crippen molar-refractivity contribution in [3.63, 3.8) is 0 Å². The van der Waals surface area contributed by atoms with Crippen molar-refractivity contribution in [2.24, 2.45) is 7.05 Å². The summed E-state index contributed by atoms with van der Waals surface area (Å²) in [6.45, 7) is 6.93. The van der Waals surface area contributed by atoms with E-state index in [9.17, 15) is 0 Å². The summed E-state index contributed by atoms with van der Waals surface area (Å²) in [5.74, 6) is 1.51. The first-order chi connectivity index (χ1) is 12.6. The second-order valence-electron chi connectivity index (χ2n) is 7.36. The van der Waals surface area contributed by atoms with E-state index in [-0.39, 0.29) is 0 Å². The van der Waals surface area contributed by atoms with Crippen molar-refractivity contribution in [3.8, 4) is 0 Å². The van der Waals surface area contributed by atoms with Crippen LogP contribution in [0.5, 0.6) is 0 Å². The minimum absolute atomic E-state index is 0.701. The van der Waals surface area contributed by atoms with Gasteiger partial charge in [0.1, 0.15) is 0 Å². The average Bonchev–Trinajstić information content (AvgIpc) is 3.06. The number of hydrogen-bond donors (Lipinski definition) is 1. The quantitative estimate of drug-likeness (QED) is 0.449. The van der Waals surface area contributed by atoms with Crippen LogP contribution in [-0.2, 0) is 7.05 Å². The molecule has 0 amide bonds. The van der Waals surface area contributed by atoms with Crippen molar-refractivity contribution >= 4 is 33.9 Å². The second-order valence-corrected chi connectivity index (χ2v) is 20.4. The number of aryl methyl sites for hydroxylation is 1. The Bertz CT molecular complexity index is 633. The van der Waals surface area contributed by atoms with E-state index in [0.717, 1.165) is 5.82 Å². The number of hydrogen-bond acceptors (Lipinski definition) is 4. The Labute approximate surface area is 162 Å². The zero-order valence-electron chi connectivity index (χ0n) is 17.0. The van der Waals surface area contributed by atoms with Gasteiger partial charge in [-0.25, -0.2) is 0 Å². The zero-order chi connectivity index (χ0) is 18.8. The molecule has 5 nitrogen and oxygen atoms in total. The summed E-state index contributed by atoms with van der Waals surface area (Å²) >= 11 is -2.50. The van der Waals surface area contributed by atoms with Crippen molar-refractivity contribution < 1.29 is 0 Å². The Hall–Kier alpha value is -1.11. The Morgan fingerprint density at radius 3 is 2.08 bits per heavy atom. The fourth-order valence-corrected chi connectivity index (χ4v) is 19.0. The van der Waals surface area contributed by atoms with Gasteiger partial charge >= 0.3 is 163 Å². The fraction of sp³-hybridized carbons (Fsp3) is 0.650. The predicted molar refractivity (Wildman–Crippen MR) is 113 cm³/mol. The van der Waals surface area contributed by atoms with E-state index >= 15 is 0 Å². The van der Waals surface area contributed by atoms with Crippen LogP contribution >= 0.6 is 0 Å². The van der Waals surface area contributed by atoms with Crippen LogP contribution in [0.25, 0.3) is 0 Å². The molecule has 1 N–H and O–H groups in total. The van der Waals surface area contributed by atoms with Gasteiger partial charge in [-0.05, 0) is 0 Å². The Balaban J connectivity index is 2.30. The van der Waals surface area contributed by atoms with Gasteiger partial charge in [-0.3, -0.25) is 0 Å². The third kappa shape index (κ3) is 5.96. The summed E-state index contributed by atoms with van der Waals surface area (Å²) in [6.07, 6.45) is 11.7. The monoisotopic (exact) mass is 465 g/mol. The van der Waals surface area contributed by atoms with E-state index in [0.29, 0.717) is 5.95 Å². The number of nitrogens with one attached hydrogen (secondary N) is 1. The molecule has 2 aromatic rings. The van der Waals surface area contributed by atoms with Crippen LogP contribution in [-0.4, -0.2) is 38.1 Å². The number of anilines is 2. The Kier molecular flexibility index (Phi) is 8.88. The molecule has 2 heterocycles. The van der Waals surface area contributed by atoms with E-state index < -0.39 is 18.4 Å². The van der Waals surface area contributed by atoms with E-state index in [4.69, 9.17) is 4.98 Å². The molecule has 0 aromatic carbocycles. The molecule has 0 aliphatic heterocycles. The van der Waals surface area contributed by atoms with Crippen LogP contribution in [0.3, 0.4) is 0 Å². The fourth-order valence-electron chi connectivity index (χ4n) is 3.62. The van der Waals surface area contributed by atoms with Crippen molar-refractivity contribution in [2.75, 3.05) is 5.32 Å². The van der Waals surface area contributed by atoms with Gasteiger partial charge < -0.3 is 0 Å². The molecule has 26 heavy (non-hydrogen) atoms. The summed E-state index contributed by atoms with van der Waals surface area (Å²) < 4.78 is 7.46. The minimum atomic E-state index is -2.50. The van der Waals surface area contributed by atoms with Gasteiger partial charge in [0.25, 0.3) is 0 Å². The molecule has 0 aliphatic carbocycles. The van der Waals surface area contributed by atoms with Crippen LogP contribution < -0.4 is 9.03 Å². The first kappa shape index (κ1) is 21.2. The average molecular weight is 464 g/mol. The third-order valence-corrected chi connectivity index (χ3v) is 20.3. The molecule has 0 saturated heterocycles. The van der Waals surface area contributed by atoms with Gasteiger partial charge in [-0.1, -0.05) is 0 Å². The Morgan fingerprint density at radius 2 is 1.58 bits per heavy atom. The van der Waals surface area contributed by atoms with Gasteiger partial charge in [0.15, 0.2) is 0 Å². The van der Waals surface area contributed by atoms with Crippen LogP contribution in [0, 0.1) is 0 Å². The normalized spacial score (nSPS) is 11.7. The number of unbranched alkanes of at least 4 members (excludes halogenated alkanes) is 3. The van der Waals surface area contributed by atoms with Crippen LogP contribution in [0.2, 0.25) is 13.3 Å². The third-order valence-electron chi connectivity index (χ3n) is 5.18. The molecule has 0 radical (unpaired) electrons. The van der Waals surface area contributed by atoms with Crippen molar-refractivity contribution in [1.82, 2.24) is 19.7 Å². The molecule has 0 atom stereocenters. The summed E-state index contributed by atoms with van der Waals surface area (Å²) in [5.41, 5.74) is 0. The molecule has 0 fully saturated rings. The summed E-state index contributed by atoms with van der Waals surface area (Å²) in [7, 11) is 1.92. The predicted octanol–water partition coefficient (Wildman–Crippen LogP) is 5.01. The molecular weight excluding hydrogens is 429 g/mol. The molecule has 0 unspecified atom stereocenters. The SMILES string of the molecule is CCC[CH2][Sn]([CH2]CCC)([CH2]CCC)[c]1ccnc(Nc2ccn(C)n2)n1. The molecule has 2 aromatic heterocycles. The number of nitrogens with zero attached hydrogens (tertiary/aromatic N) is 4. The molecular formula is C20H35N5Sn. The first-order valence-electron chi connectivity index (χ1n) is 10.2. The molecule has 6 heteroatoms. The summed E-state index contributed by atoms with van der Waals surface area (Å²) in [6, 6.07) is 4.18.